The number of carbonyl (C=O) groups excluding carboxylic acids is 2. The summed E-state index contributed by atoms with van der Waals surface area (Å²) in [4.78, 5) is 24.9. The molecule has 132 valence electrons. The quantitative estimate of drug-likeness (QED) is 0.575. The number of carbonyl (C=O) groups is 2. The number of ketones is 1. The van der Waals surface area contributed by atoms with Crippen LogP contribution < -0.4 is 15.0 Å². The zero-order valence-corrected chi connectivity index (χ0v) is 14.6. The Kier molecular flexibility index (Phi) is 5.89. The molecule has 0 aromatic heterocycles. The molecule has 0 aliphatic rings. The summed E-state index contributed by atoms with van der Waals surface area (Å²) in [6, 6.07) is 12.6. The second-order valence-electron chi connectivity index (χ2n) is 5.34. The average Bonchev–Trinajstić information content (AvgIpc) is 2.58. The summed E-state index contributed by atoms with van der Waals surface area (Å²) in [5.74, 6) is -0.410. The molecule has 0 atom stereocenters. The zero-order valence-electron chi connectivity index (χ0n) is 13.8. The van der Waals surface area contributed by atoms with Crippen molar-refractivity contribution in [2.75, 3.05) is 6.61 Å². The Morgan fingerprint density at radius 1 is 1.08 bits per heavy atom. The van der Waals surface area contributed by atoms with Gasteiger partial charge in [-0.3, -0.25) is 15.0 Å². The third-order valence-electron chi connectivity index (χ3n) is 3.24. The fourth-order valence-electron chi connectivity index (χ4n) is 1.96. The number of ether oxygens (including phenoxy) is 1. The topological polar surface area (TPSA) is 102 Å². The number of Topliss-reactive ketones (excluding diaryl/α,β-unsaturated/α-hetero) is 1. The van der Waals surface area contributed by atoms with Crippen molar-refractivity contribution in [2.24, 2.45) is 0 Å². The number of hydrazine groups is 1. The molecule has 2 N–H and O–H groups in total. The minimum absolute atomic E-state index is 0.125. The number of nitrogens with one attached hydrogen (secondary N) is 2. The van der Waals surface area contributed by atoms with E-state index in [0.29, 0.717) is 5.75 Å². The maximum atomic E-state index is 12.2. The Morgan fingerprint density at radius 2 is 1.80 bits per heavy atom. The third kappa shape index (κ3) is 5.40. The minimum Gasteiger partial charge on any atom is -0.484 e. The van der Waals surface area contributed by atoms with E-state index < -0.39 is 15.9 Å². The van der Waals surface area contributed by atoms with Gasteiger partial charge in [0.1, 0.15) is 5.75 Å². The second kappa shape index (κ2) is 7.91. The molecule has 8 heteroatoms. The molecule has 0 heterocycles. The smallest absolute Gasteiger partial charge is 0.272 e. The summed E-state index contributed by atoms with van der Waals surface area (Å²) in [6.07, 6.45) is 0. The molecular weight excluding hydrogens is 344 g/mol. The Morgan fingerprint density at radius 3 is 2.48 bits per heavy atom. The Bertz CT molecular complexity index is 893. The number of rotatable bonds is 7. The molecule has 0 radical (unpaired) electrons. The van der Waals surface area contributed by atoms with Crippen LogP contribution in [0.1, 0.15) is 22.8 Å². The van der Waals surface area contributed by atoms with E-state index in [2.05, 4.69) is 5.43 Å². The van der Waals surface area contributed by atoms with Gasteiger partial charge in [-0.2, -0.15) is 0 Å². The normalized spacial score (nSPS) is 11.0. The van der Waals surface area contributed by atoms with E-state index in [1.165, 1.54) is 31.2 Å². The van der Waals surface area contributed by atoms with Crippen LogP contribution in [0.25, 0.3) is 0 Å². The van der Waals surface area contributed by atoms with Crippen LogP contribution in [0.15, 0.2) is 53.4 Å². The van der Waals surface area contributed by atoms with Crippen molar-refractivity contribution in [1.29, 1.82) is 0 Å². The summed E-state index contributed by atoms with van der Waals surface area (Å²) in [5.41, 5.74) is 3.31. The predicted octanol–water partition coefficient (Wildman–Crippen LogP) is 1.59. The van der Waals surface area contributed by atoms with Crippen LogP contribution in [0.2, 0.25) is 0 Å². The van der Waals surface area contributed by atoms with Gasteiger partial charge in [0.15, 0.2) is 12.4 Å². The van der Waals surface area contributed by atoms with E-state index in [1.54, 1.807) is 18.2 Å². The van der Waals surface area contributed by atoms with Crippen LogP contribution >= 0.6 is 0 Å². The van der Waals surface area contributed by atoms with Crippen LogP contribution in [0.3, 0.4) is 0 Å². The first-order valence-electron chi connectivity index (χ1n) is 7.39. The third-order valence-corrected chi connectivity index (χ3v) is 4.48. The van der Waals surface area contributed by atoms with E-state index >= 15 is 0 Å². The van der Waals surface area contributed by atoms with E-state index in [0.717, 1.165) is 5.56 Å². The largest absolute Gasteiger partial charge is 0.484 e. The van der Waals surface area contributed by atoms with Gasteiger partial charge in [0, 0.05) is 5.56 Å². The van der Waals surface area contributed by atoms with Crippen LogP contribution in [-0.4, -0.2) is 26.7 Å². The fourth-order valence-corrected chi connectivity index (χ4v) is 2.86. The fraction of sp³-hybridized carbons (Fsp3) is 0.176. The van der Waals surface area contributed by atoms with Crippen molar-refractivity contribution in [2.45, 2.75) is 18.7 Å². The Balaban J connectivity index is 1.94. The second-order valence-corrected chi connectivity index (χ2v) is 7.03. The summed E-state index contributed by atoms with van der Waals surface area (Å²) >= 11 is 0. The lowest BCUT2D eigenvalue weighted by Gasteiger charge is -2.10. The average molecular weight is 362 g/mol. The molecule has 2 aromatic rings. The molecule has 0 fully saturated rings. The van der Waals surface area contributed by atoms with Crippen LogP contribution in [-0.2, 0) is 14.8 Å². The highest BCUT2D eigenvalue weighted by atomic mass is 32.2. The molecule has 0 aliphatic heterocycles. The van der Waals surface area contributed by atoms with Crippen LogP contribution in [0.4, 0.5) is 0 Å². The molecule has 0 bridgehead atoms. The van der Waals surface area contributed by atoms with Gasteiger partial charge in [0.2, 0.25) is 0 Å². The molecular formula is C17H18N2O5S. The van der Waals surface area contributed by atoms with E-state index in [-0.39, 0.29) is 22.8 Å². The van der Waals surface area contributed by atoms with Crippen molar-refractivity contribution >= 4 is 21.7 Å². The van der Waals surface area contributed by atoms with Crippen molar-refractivity contribution in [3.05, 3.63) is 59.7 Å². The molecule has 0 saturated carbocycles. The Hall–Kier alpha value is -2.71. The first-order chi connectivity index (χ1) is 11.8. The number of benzene rings is 2. The number of hydrogen-bond donors (Lipinski definition) is 2. The van der Waals surface area contributed by atoms with E-state index in [4.69, 9.17) is 4.74 Å². The van der Waals surface area contributed by atoms with Gasteiger partial charge in [-0.05, 0) is 43.7 Å². The van der Waals surface area contributed by atoms with Crippen LogP contribution in [0, 0.1) is 6.92 Å². The van der Waals surface area contributed by atoms with Crippen molar-refractivity contribution in [1.82, 2.24) is 10.3 Å². The highest BCUT2D eigenvalue weighted by Crippen LogP contribution is 2.12. The maximum absolute atomic E-state index is 12.2. The van der Waals surface area contributed by atoms with Crippen molar-refractivity contribution < 1.29 is 22.7 Å². The summed E-state index contributed by atoms with van der Waals surface area (Å²) in [6.45, 7) is 2.87. The number of hydrogen-bond acceptors (Lipinski definition) is 5. The molecule has 25 heavy (non-hydrogen) atoms. The van der Waals surface area contributed by atoms with Gasteiger partial charge in [-0.1, -0.05) is 24.3 Å². The first-order valence-corrected chi connectivity index (χ1v) is 8.87. The number of aryl methyl sites for hydroxylation is 1. The van der Waals surface area contributed by atoms with Gasteiger partial charge in [-0.25, -0.2) is 8.42 Å². The number of sulfonamides is 1. The van der Waals surface area contributed by atoms with E-state index in [9.17, 15) is 18.0 Å². The monoisotopic (exact) mass is 362 g/mol. The van der Waals surface area contributed by atoms with Gasteiger partial charge >= 0.3 is 0 Å². The molecule has 1 amide bonds. The van der Waals surface area contributed by atoms with Gasteiger partial charge < -0.3 is 4.74 Å². The first kappa shape index (κ1) is 18.6. The molecule has 2 rings (SSSR count). The highest BCUT2D eigenvalue weighted by Gasteiger charge is 2.16. The van der Waals surface area contributed by atoms with Crippen LogP contribution in [0.5, 0.6) is 5.75 Å². The van der Waals surface area contributed by atoms with Gasteiger partial charge in [0.05, 0.1) is 4.90 Å². The molecule has 2 aromatic carbocycles. The lowest BCUT2D eigenvalue weighted by Crippen LogP contribution is -2.43. The van der Waals surface area contributed by atoms with E-state index in [1.807, 2.05) is 17.8 Å². The highest BCUT2D eigenvalue weighted by molar-refractivity contribution is 7.89. The lowest BCUT2D eigenvalue weighted by molar-refractivity contribution is -0.123. The maximum Gasteiger partial charge on any atom is 0.272 e. The molecule has 0 saturated heterocycles. The Labute approximate surface area is 146 Å². The number of amides is 1. The summed E-state index contributed by atoms with van der Waals surface area (Å²) in [5, 5.41) is 0. The molecule has 7 nitrogen and oxygen atoms in total. The summed E-state index contributed by atoms with van der Waals surface area (Å²) < 4.78 is 29.6. The lowest BCUT2D eigenvalue weighted by atomic mass is 10.2. The van der Waals surface area contributed by atoms with Crippen molar-refractivity contribution in [3.8, 4) is 5.75 Å². The van der Waals surface area contributed by atoms with Crippen molar-refractivity contribution in [3.63, 3.8) is 0 Å². The van der Waals surface area contributed by atoms with Gasteiger partial charge in [0.25, 0.3) is 15.9 Å². The predicted molar refractivity (Wildman–Crippen MR) is 91.6 cm³/mol. The van der Waals surface area contributed by atoms with Gasteiger partial charge in [-0.15, -0.1) is 4.83 Å². The molecule has 0 spiro atoms. The molecule has 0 unspecified atom stereocenters. The zero-order chi connectivity index (χ0) is 18.4. The minimum atomic E-state index is -3.99. The standard InChI is InChI=1S/C17H18N2O5S/c1-12-5-3-7-15(9-12)24-11-17(21)18-19-25(22,23)16-8-4-6-14(10-16)13(2)20/h3-10,19H,11H2,1-2H3,(H,18,21). The SMILES string of the molecule is CC(=O)c1cccc(S(=O)(=O)NNC(=O)COc2cccc(C)c2)c1. The molecule has 0 aliphatic carbocycles. The summed E-state index contributed by atoms with van der Waals surface area (Å²) in [7, 11) is -3.99.